The van der Waals surface area contributed by atoms with E-state index >= 15 is 0 Å². The topological polar surface area (TPSA) is 98.0 Å². The van der Waals surface area contributed by atoms with Gasteiger partial charge in [-0.3, -0.25) is 4.57 Å². The molecular formula is C14H19O5P. The van der Waals surface area contributed by atoms with E-state index in [1.807, 2.05) is 0 Å². The normalized spacial score (nSPS) is 11.0. The van der Waals surface area contributed by atoms with E-state index in [4.69, 9.17) is 9.79 Å². The van der Waals surface area contributed by atoms with Crippen molar-refractivity contribution >= 4 is 23.7 Å². The van der Waals surface area contributed by atoms with Gasteiger partial charge in [0.05, 0.1) is 0 Å². The van der Waals surface area contributed by atoms with Gasteiger partial charge in [-0.15, -0.1) is 0 Å². The van der Waals surface area contributed by atoms with E-state index in [2.05, 4.69) is 13.8 Å². The van der Waals surface area contributed by atoms with E-state index in [0.717, 1.165) is 6.07 Å². The van der Waals surface area contributed by atoms with E-state index in [9.17, 15) is 14.8 Å². The van der Waals surface area contributed by atoms with Crippen LogP contribution in [0.2, 0.25) is 0 Å². The Labute approximate surface area is 117 Å². The van der Waals surface area contributed by atoms with Crippen molar-refractivity contribution in [2.45, 2.75) is 26.7 Å². The first-order valence-electron chi connectivity index (χ1n) is 6.32. The molecule has 4 N–H and O–H groups in total. The van der Waals surface area contributed by atoms with E-state index in [-0.39, 0.29) is 11.1 Å². The van der Waals surface area contributed by atoms with Crippen molar-refractivity contribution < 1.29 is 24.6 Å². The van der Waals surface area contributed by atoms with Crippen molar-refractivity contribution in [3.8, 4) is 11.5 Å². The summed E-state index contributed by atoms with van der Waals surface area (Å²) in [5, 5.41) is 19.3. The number of hydrogen-bond donors (Lipinski definition) is 4. The summed E-state index contributed by atoms with van der Waals surface area (Å²) in [4.78, 5) is 18.0. The van der Waals surface area contributed by atoms with Crippen molar-refractivity contribution in [2.75, 3.05) is 0 Å². The van der Waals surface area contributed by atoms with Crippen LogP contribution in [0.4, 0.5) is 0 Å². The largest absolute Gasteiger partial charge is 0.507 e. The fourth-order valence-electron chi connectivity index (χ4n) is 1.55. The predicted molar refractivity (Wildman–Crippen MR) is 79.5 cm³/mol. The maximum absolute atomic E-state index is 11.1. The van der Waals surface area contributed by atoms with Gasteiger partial charge in [0.1, 0.15) is 16.8 Å². The average molecular weight is 298 g/mol. The molecule has 0 saturated carbocycles. The fourth-order valence-corrected chi connectivity index (χ4v) is 2.24. The van der Waals surface area contributed by atoms with Gasteiger partial charge in [-0.2, -0.15) is 0 Å². The van der Waals surface area contributed by atoms with Gasteiger partial charge in [-0.25, -0.2) is 0 Å². The monoisotopic (exact) mass is 298 g/mol. The molecule has 0 saturated heterocycles. The molecule has 2 aromatic rings. The van der Waals surface area contributed by atoms with Crippen LogP contribution in [0.15, 0.2) is 30.3 Å². The first kappa shape index (κ1) is 16.5. The molecule has 0 aliphatic carbocycles. The second kappa shape index (κ2) is 6.75. The van der Waals surface area contributed by atoms with Gasteiger partial charge in [0.2, 0.25) is 0 Å². The molecule has 0 aliphatic heterocycles. The highest BCUT2D eigenvalue weighted by atomic mass is 31.2. The van der Waals surface area contributed by atoms with Crippen LogP contribution in [-0.4, -0.2) is 20.0 Å². The Bertz CT molecular complexity index is 631. The molecule has 20 heavy (non-hydrogen) atoms. The van der Waals surface area contributed by atoms with Gasteiger partial charge in [-0.05, 0) is 6.07 Å². The molecule has 5 nitrogen and oxygen atoms in total. The lowest BCUT2D eigenvalue weighted by Gasteiger charge is -2.10. The lowest BCUT2D eigenvalue weighted by molar-refractivity contribution is 0.384. The van der Waals surface area contributed by atoms with Gasteiger partial charge in [0.15, 0.2) is 0 Å². The van der Waals surface area contributed by atoms with Crippen molar-refractivity contribution in [3.63, 3.8) is 0 Å². The molecule has 0 aromatic heterocycles. The zero-order valence-corrected chi connectivity index (χ0v) is 12.3. The van der Waals surface area contributed by atoms with Gasteiger partial charge in [0.25, 0.3) is 0 Å². The summed E-state index contributed by atoms with van der Waals surface area (Å²) >= 11 is 0. The van der Waals surface area contributed by atoms with Crippen LogP contribution in [-0.2, 0) is 4.57 Å². The third kappa shape index (κ3) is 3.73. The predicted octanol–water partition coefficient (Wildman–Crippen LogP) is 2.86. The van der Waals surface area contributed by atoms with Crippen LogP contribution in [0, 0.1) is 0 Å². The average Bonchev–Trinajstić information content (AvgIpc) is 2.42. The molecule has 110 valence electrons. The maximum Gasteiger partial charge on any atom is 0.360 e. The maximum atomic E-state index is 11.1. The second-order valence-electron chi connectivity index (χ2n) is 4.35. The minimum atomic E-state index is -4.60. The van der Waals surface area contributed by atoms with E-state index in [1.165, 1.54) is 18.9 Å². The first-order valence-corrected chi connectivity index (χ1v) is 7.93. The van der Waals surface area contributed by atoms with E-state index in [0.29, 0.717) is 5.39 Å². The Balaban J connectivity index is 0.000000444. The van der Waals surface area contributed by atoms with Gasteiger partial charge in [-0.1, -0.05) is 51.0 Å². The molecule has 2 aromatic carbocycles. The fraction of sp³-hybridized carbons (Fsp3) is 0.286. The third-order valence-electron chi connectivity index (χ3n) is 2.79. The highest BCUT2D eigenvalue weighted by Gasteiger charge is 2.24. The quantitative estimate of drug-likeness (QED) is 0.505. The highest BCUT2D eigenvalue weighted by molar-refractivity contribution is 7.60. The summed E-state index contributed by atoms with van der Waals surface area (Å²) in [6.07, 6.45) is 2.64. The number of unbranched alkanes of at least 4 members (excludes halogenated alkanes) is 1. The van der Waals surface area contributed by atoms with Gasteiger partial charge < -0.3 is 20.0 Å². The molecule has 0 radical (unpaired) electrons. The molecule has 6 heteroatoms. The standard InChI is InChI=1S/C10H9O5P.C4H10/c11-8-5-9(16(13,14)15)10(12)7-4-2-1-3-6(7)8;1-3-4-2/h1-5,11-12H,(H2,13,14,15);3-4H2,1-2H3. The number of hydrogen-bond acceptors (Lipinski definition) is 3. The number of phenols is 2. The SMILES string of the molecule is CCCC.O=P(O)(O)c1cc(O)c2ccccc2c1O. The molecule has 0 amide bonds. The Morgan fingerprint density at radius 3 is 1.95 bits per heavy atom. The van der Waals surface area contributed by atoms with Crippen LogP contribution in [0.1, 0.15) is 26.7 Å². The van der Waals surface area contributed by atoms with Crippen LogP contribution in [0.5, 0.6) is 11.5 Å². The molecule has 0 unspecified atom stereocenters. The lowest BCUT2D eigenvalue weighted by atomic mass is 10.1. The minimum Gasteiger partial charge on any atom is -0.507 e. The van der Waals surface area contributed by atoms with E-state index < -0.39 is 18.6 Å². The minimum absolute atomic E-state index is 0.209. The van der Waals surface area contributed by atoms with Crippen molar-refractivity contribution in [1.29, 1.82) is 0 Å². The Kier molecular flexibility index (Phi) is 5.57. The van der Waals surface area contributed by atoms with Crippen LogP contribution in [0.25, 0.3) is 10.8 Å². The summed E-state index contributed by atoms with van der Waals surface area (Å²) in [7, 11) is -4.60. The van der Waals surface area contributed by atoms with Crippen molar-refractivity contribution in [1.82, 2.24) is 0 Å². The number of benzene rings is 2. The zero-order chi connectivity index (χ0) is 15.3. The number of fused-ring (bicyclic) bond motifs is 1. The van der Waals surface area contributed by atoms with Gasteiger partial charge in [0, 0.05) is 10.8 Å². The molecule has 0 heterocycles. The summed E-state index contributed by atoms with van der Waals surface area (Å²) in [6, 6.07) is 7.17. The molecule has 0 atom stereocenters. The number of aromatic hydroxyl groups is 2. The molecule has 2 rings (SSSR count). The first-order chi connectivity index (χ1) is 9.32. The van der Waals surface area contributed by atoms with Crippen LogP contribution < -0.4 is 5.30 Å². The van der Waals surface area contributed by atoms with Crippen LogP contribution in [0.3, 0.4) is 0 Å². The number of rotatable bonds is 2. The number of phenolic OH excluding ortho intramolecular Hbond substituents is 2. The summed E-state index contributed by atoms with van der Waals surface area (Å²) < 4.78 is 11.1. The highest BCUT2D eigenvalue weighted by Crippen LogP contribution is 2.42. The summed E-state index contributed by atoms with van der Waals surface area (Å²) in [6.45, 7) is 4.36. The molecular weight excluding hydrogens is 279 g/mol. The lowest BCUT2D eigenvalue weighted by Crippen LogP contribution is -2.04. The molecule has 0 fully saturated rings. The van der Waals surface area contributed by atoms with Crippen LogP contribution >= 0.6 is 7.60 Å². The Hall–Kier alpha value is -1.55. The smallest absolute Gasteiger partial charge is 0.360 e. The van der Waals surface area contributed by atoms with Crippen molar-refractivity contribution in [2.24, 2.45) is 0 Å². The summed E-state index contributed by atoms with van der Waals surface area (Å²) in [5.41, 5.74) is 0. The van der Waals surface area contributed by atoms with E-state index in [1.54, 1.807) is 18.2 Å². The molecule has 0 bridgehead atoms. The second-order valence-corrected chi connectivity index (χ2v) is 5.92. The van der Waals surface area contributed by atoms with Gasteiger partial charge >= 0.3 is 7.60 Å². The molecule has 0 aliphatic rings. The Morgan fingerprint density at radius 2 is 1.50 bits per heavy atom. The van der Waals surface area contributed by atoms with Crippen molar-refractivity contribution in [3.05, 3.63) is 30.3 Å². The zero-order valence-electron chi connectivity index (χ0n) is 11.4. The summed E-state index contributed by atoms with van der Waals surface area (Å²) in [5.74, 6) is -0.770. The Morgan fingerprint density at radius 1 is 1.00 bits per heavy atom. The molecule has 0 spiro atoms. The third-order valence-corrected chi connectivity index (χ3v) is 3.76.